The number of carboxylic acid groups (broad SMARTS) is 1. The molecule has 0 saturated carbocycles. The van der Waals surface area contributed by atoms with E-state index in [4.69, 9.17) is 0 Å². The molecule has 3 aromatic carbocycles. The third kappa shape index (κ3) is 2.92. The normalized spacial score (nSPS) is 13.5. The summed E-state index contributed by atoms with van der Waals surface area (Å²) in [6, 6.07) is 25.3. The van der Waals surface area contributed by atoms with Gasteiger partial charge in [-0.25, -0.2) is 9.78 Å². The molecule has 30 heavy (non-hydrogen) atoms. The van der Waals surface area contributed by atoms with E-state index < -0.39 is 23.8 Å². The summed E-state index contributed by atoms with van der Waals surface area (Å²) in [6.45, 7) is 0. The predicted molar refractivity (Wildman–Crippen MR) is 114 cm³/mol. The van der Waals surface area contributed by atoms with Gasteiger partial charge in [0.15, 0.2) is 0 Å². The zero-order valence-electron chi connectivity index (χ0n) is 15.9. The number of rotatable bonds is 4. The zero-order chi connectivity index (χ0) is 20.7. The van der Waals surface area contributed by atoms with Gasteiger partial charge in [0.05, 0.1) is 5.52 Å². The number of pyridine rings is 1. The van der Waals surface area contributed by atoms with Crippen LogP contribution in [0.5, 0.6) is 0 Å². The highest BCUT2D eigenvalue weighted by atomic mass is 16.4. The van der Waals surface area contributed by atoms with Crippen LogP contribution >= 0.6 is 0 Å². The van der Waals surface area contributed by atoms with Gasteiger partial charge in [0, 0.05) is 11.3 Å². The highest BCUT2D eigenvalue weighted by Gasteiger charge is 2.39. The van der Waals surface area contributed by atoms with Crippen LogP contribution in [0.1, 0.15) is 27.5 Å². The third-order valence-electron chi connectivity index (χ3n) is 5.60. The van der Waals surface area contributed by atoms with Gasteiger partial charge in [0.2, 0.25) is 0 Å². The second-order valence-electron chi connectivity index (χ2n) is 7.33. The van der Waals surface area contributed by atoms with Crippen molar-refractivity contribution >= 4 is 22.8 Å². The Labute approximate surface area is 173 Å². The number of carbonyl (C=O) groups is 2. The maximum absolute atomic E-state index is 12.9. The van der Waals surface area contributed by atoms with Crippen molar-refractivity contribution in [1.82, 2.24) is 10.3 Å². The number of carboxylic acids is 1. The predicted octanol–water partition coefficient (Wildman–Crippen LogP) is 4.23. The summed E-state index contributed by atoms with van der Waals surface area (Å²) in [5.74, 6) is -2.06. The molecule has 4 aromatic rings. The van der Waals surface area contributed by atoms with Gasteiger partial charge in [-0.3, -0.25) is 4.79 Å². The maximum atomic E-state index is 12.9. The Kier molecular flexibility index (Phi) is 4.29. The number of hydrogen-bond donors (Lipinski definition) is 2. The van der Waals surface area contributed by atoms with Gasteiger partial charge < -0.3 is 10.4 Å². The van der Waals surface area contributed by atoms with Gasteiger partial charge in [-0.15, -0.1) is 0 Å². The first-order valence-corrected chi connectivity index (χ1v) is 9.71. The summed E-state index contributed by atoms with van der Waals surface area (Å²) >= 11 is 0. The molecule has 1 aromatic heterocycles. The standard InChI is InChI=1S/C25H18N2O3/c28-24(21-14-13-15-7-1-6-12-20(15)26-21)27-23(25(29)30)22-18-10-4-2-8-16(18)17-9-3-5-11-19(17)22/h1-14,22-23H,(H,27,28)(H,29,30)/t23-/m1/s1. The summed E-state index contributed by atoms with van der Waals surface area (Å²) in [7, 11) is 0. The minimum absolute atomic E-state index is 0.194. The molecule has 2 N–H and O–H groups in total. The average molecular weight is 394 g/mol. The maximum Gasteiger partial charge on any atom is 0.327 e. The number of nitrogens with zero attached hydrogens (tertiary/aromatic N) is 1. The fourth-order valence-electron chi connectivity index (χ4n) is 4.25. The van der Waals surface area contributed by atoms with Crippen molar-refractivity contribution in [3.8, 4) is 11.1 Å². The van der Waals surface area contributed by atoms with Gasteiger partial charge in [0.25, 0.3) is 5.91 Å². The number of carbonyl (C=O) groups excluding carboxylic acids is 1. The first kappa shape index (κ1) is 18.1. The molecule has 1 heterocycles. The quantitative estimate of drug-likeness (QED) is 0.543. The van der Waals surface area contributed by atoms with E-state index in [0.717, 1.165) is 27.6 Å². The largest absolute Gasteiger partial charge is 0.480 e. The van der Waals surface area contributed by atoms with Crippen molar-refractivity contribution in [2.45, 2.75) is 12.0 Å². The Hall–Kier alpha value is -3.99. The molecule has 1 aliphatic rings. The van der Waals surface area contributed by atoms with E-state index in [2.05, 4.69) is 10.3 Å². The number of para-hydroxylation sites is 1. The summed E-state index contributed by atoms with van der Waals surface area (Å²) in [5.41, 5.74) is 4.69. The molecule has 5 rings (SSSR count). The summed E-state index contributed by atoms with van der Waals surface area (Å²) in [5, 5.41) is 13.7. The molecule has 0 saturated heterocycles. The van der Waals surface area contributed by atoms with E-state index in [1.807, 2.05) is 78.9 Å². The topological polar surface area (TPSA) is 79.3 Å². The van der Waals surface area contributed by atoms with Gasteiger partial charge in [-0.05, 0) is 34.4 Å². The van der Waals surface area contributed by atoms with E-state index in [9.17, 15) is 14.7 Å². The van der Waals surface area contributed by atoms with E-state index in [1.54, 1.807) is 6.07 Å². The van der Waals surface area contributed by atoms with Crippen molar-refractivity contribution in [1.29, 1.82) is 0 Å². The first-order chi connectivity index (χ1) is 14.6. The smallest absolute Gasteiger partial charge is 0.327 e. The highest BCUT2D eigenvalue weighted by molar-refractivity contribution is 5.98. The van der Waals surface area contributed by atoms with Crippen LogP contribution in [0, 0.1) is 0 Å². The Morgan fingerprint density at radius 3 is 2.07 bits per heavy atom. The molecular weight excluding hydrogens is 376 g/mol. The molecule has 5 nitrogen and oxygen atoms in total. The molecule has 0 spiro atoms. The van der Waals surface area contributed by atoms with Gasteiger partial charge in [0.1, 0.15) is 11.7 Å². The van der Waals surface area contributed by atoms with E-state index in [0.29, 0.717) is 5.52 Å². The first-order valence-electron chi connectivity index (χ1n) is 9.71. The van der Waals surface area contributed by atoms with Crippen molar-refractivity contribution < 1.29 is 14.7 Å². The van der Waals surface area contributed by atoms with Crippen molar-refractivity contribution in [2.75, 3.05) is 0 Å². The van der Waals surface area contributed by atoms with E-state index in [1.165, 1.54) is 0 Å². The molecule has 5 heteroatoms. The van der Waals surface area contributed by atoms with Crippen LogP contribution < -0.4 is 5.32 Å². The number of nitrogens with one attached hydrogen (secondary N) is 1. The van der Waals surface area contributed by atoms with E-state index >= 15 is 0 Å². The SMILES string of the molecule is O=C(N[C@@H](C(=O)O)C1c2ccccc2-c2ccccc21)c1ccc2ccccc2n1. The van der Waals surface area contributed by atoms with Crippen LogP contribution in [0.2, 0.25) is 0 Å². The lowest BCUT2D eigenvalue weighted by Crippen LogP contribution is -2.45. The van der Waals surface area contributed by atoms with Crippen LogP contribution in [0.25, 0.3) is 22.0 Å². The van der Waals surface area contributed by atoms with Crippen LogP contribution in [-0.2, 0) is 4.79 Å². The Morgan fingerprint density at radius 2 is 1.40 bits per heavy atom. The van der Waals surface area contributed by atoms with Gasteiger partial charge in [-0.2, -0.15) is 0 Å². The van der Waals surface area contributed by atoms with Crippen LogP contribution in [-0.4, -0.2) is 28.0 Å². The number of aromatic nitrogens is 1. The summed E-state index contributed by atoms with van der Waals surface area (Å²) < 4.78 is 0. The van der Waals surface area contributed by atoms with Crippen LogP contribution in [0.4, 0.5) is 0 Å². The number of fused-ring (bicyclic) bond motifs is 4. The number of benzene rings is 3. The number of aliphatic carboxylic acids is 1. The average Bonchev–Trinajstić information content (AvgIpc) is 3.11. The van der Waals surface area contributed by atoms with E-state index in [-0.39, 0.29) is 5.69 Å². The highest BCUT2D eigenvalue weighted by Crippen LogP contribution is 2.46. The molecule has 0 fully saturated rings. The zero-order valence-corrected chi connectivity index (χ0v) is 15.9. The Morgan fingerprint density at radius 1 is 0.800 bits per heavy atom. The lowest BCUT2D eigenvalue weighted by Gasteiger charge is -2.23. The molecule has 1 atom stereocenters. The Bertz CT molecular complexity index is 1250. The molecule has 0 bridgehead atoms. The molecule has 1 aliphatic carbocycles. The van der Waals surface area contributed by atoms with Crippen molar-refractivity contribution in [2.24, 2.45) is 0 Å². The fourth-order valence-corrected chi connectivity index (χ4v) is 4.25. The molecule has 1 amide bonds. The number of amides is 1. The molecular formula is C25H18N2O3. The van der Waals surface area contributed by atoms with Crippen LogP contribution in [0.15, 0.2) is 84.9 Å². The second kappa shape index (κ2) is 7.12. The van der Waals surface area contributed by atoms with Gasteiger partial charge in [-0.1, -0.05) is 72.8 Å². The molecule has 146 valence electrons. The monoisotopic (exact) mass is 394 g/mol. The lowest BCUT2D eigenvalue weighted by atomic mass is 9.89. The minimum Gasteiger partial charge on any atom is -0.480 e. The number of hydrogen-bond acceptors (Lipinski definition) is 3. The summed E-state index contributed by atoms with van der Waals surface area (Å²) in [6.07, 6.45) is 0. The Balaban J connectivity index is 1.53. The van der Waals surface area contributed by atoms with Crippen molar-refractivity contribution in [3.63, 3.8) is 0 Å². The second-order valence-corrected chi connectivity index (χ2v) is 7.33. The third-order valence-corrected chi connectivity index (χ3v) is 5.60. The van der Waals surface area contributed by atoms with Gasteiger partial charge >= 0.3 is 5.97 Å². The molecule has 0 aliphatic heterocycles. The molecule has 0 unspecified atom stereocenters. The van der Waals surface area contributed by atoms with Crippen LogP contribution in [0.3, 0.4) is 0 Å². The fraction of sp³-hybridized carbons (Fsp3) is 0.0800. The lowest BCUT2D eigenvalue weighted by molar-refractivity contribution is -0.139. The molecule has 0 radical (unpaired) electrons. The minimum atomic E-state index is -1.12. The summed E-state index contributed by atoms with van der Waals surface area (Å²) in [4.78, 5) is 29.6. The van der Waals surface area contributed by atoms with Crippen molar-refractivity contribution in [3.05, 3.63) is 102 Å².